The van der Waals surface area contributed by atoms with Crippen LogP contribution in [0.5, 0.6) is 0 Å². The summed E-state index contributed by atoms with van der Waals surface area (Å²) in [5.41, 5.74) is 1.64. The Labute approximate surface area is 200 Å². The number of H-pyrrole nitrogens is 1. The highest BCUT2D eigenvalue weighted by atomic mass is 32.2. The van der Waals surface area contributed by atoms with Gasteiger partial charge in [0.15, 0.2) is 0 Å². The number of aromatic nitrogens is 2. The summed E-state index contributed by atoms with van der Waals surface area (Å²) in [6.07, 6.45) is 1.49. The third-order valence-electron chi connectivity index (χ3n) is 5.69. The predicted molar refractivity (Wildman–Crippen MR) is 130 cm³/mol. The van der Waals surface area contributed by atoms with Gasteiger partial charge >= 0.3 is 0 Å². The second kappa shape index (κ2) is 9.10. The van der Waals surface area contributed by atoms with E-state index in [9.17, 15) is 26.8 Å². The molecule has 2 N–H and O–H groups in total. The van der Waals surface area contributed by atoms with Crippen molar-refractivity contribution in [3.63, 3.8) is 0 Å². The molecule has 0 saturated carbocycles. The highest BCUT2D eigenvalue weighted by Crippen LogP contribution is 2.35. The second-order valence-corrected chi connectivity index (χ2v) is 10.1. The number of aryl methyl sites for hydroxylation is 2. The van der Waals surface area contributed by atoms with Gasteiger partial charge in [-0.25, -0.2) is 21.9 Å². The quantitative estimate of drug-likeness (QED) is 0.420. The Morgan fingerprint density at radius 1 is 1.09 bits per heavy atom. The van der Waals surface area contributed by atoms with E-state index in [-0.39, 0.29) is 28.9 Å². The first kappa shape index (κ1) is 24.3. The highest BCUT2D eigenvalue weighted by Gasteiger charge is 2.28. The standard InChI is InChI=1S/C25H23F2N3O4S/c1-4-15-6-10-21-19(11-15)22(18-8-5-14(2)28-24(18)31)23(25(32)29-35(3,33)34)30(21)13-16-12-17(26)7-9-20(16)27/h5-12H,4,13H2,1-3H3,(H,28,31)(H,29,32). The van der Waals surface area contributed by atoms with Crippen molar-refractivity contribution in [3.8, 4) is 11.1 Å². The predicted octanol–water partition coefficient (Wildman–Crippen LogP) is 3.88. The number of pyridine rings is 1. The molecule has 7 nitrogen and oxygen atoms in total. The van der Waals surface area contributed by atoms with Crippen molar-refractivity contribution < 1.29 is 22.0 Å². The molecule has 0 saturated heterocycles. The van der Waals surface area contributed by atoms with Crippen LogP contribution in [0.4, 0.5) is 8.78 Å². The lowest BCUT2D eigenvalue weighted by molar-refractivity contribution is 0.0974. The van der Waals surface area contributed by atoms with E-state index in [0.29, 0.717) is 23.0 Å². The summed E-state index contributed by atoms with van der Waals surface area (Å²) in [4.78, 5) is 29.0. The first-order valence-electron chi connectivity index (χ1n) is 10.8. The molecule has 4 aromatic rings. The number of aromatic amines is 1. The van der Waals surface area contributed by atoms with Gasteiger partial charge in [-0.2, -0.15) is 0 Å². The van der Waals surface area contributed by atoms with Crippen LogP contribution in [0, 0.1) is 18.6 Å². The molecule has 0 aliphatic rings. The maximum Gasteiger partial charge on any atom is 0.282 e. The van der Waals surface area contributed by atoms with E-state index in [4.69, 9.17) is 0 Å². The van der Waals surface area contributed by atoms with Gasteiger partial charge in [-0.3, -0.25) is 9.59 Å². The van der Waals surface area contributed by atoms with Crippen LogP contribution in [0.1, 0.15) is 34.2 Å². The van der Waals surface area contributed by atoms with E-state index in [1.807, 2.05) is 17.7 Å². The molecule has 0 spiro atoms. The van der Waals surface area contributed by atoms with Gasteiger partial charge in [0, 0.05) is 33.3 Å². The third kappa shape index (κ3) is 4.88. The zero-order valence-electron chi connectivity index (χ0n) is 19.3. The van der Waals surface area contributed by atoms with E-state index in [2.05, 4.69) is 4.98 Å². The third-order valence-corrected chi connectivity index (χ3v) is 6.25. The number of halogens is 2. The Balaban J connectivity index is 2.12. The number of hydrogen-bond acceptors (Lipinski definition) is 4. The summed E-state index contributed by atoms with van der Waals surface area (Å²) < 4.78 is 55.7. The largest absolute Gasteiger partial charge is 0.331 e. The van der Waals surface area contributed by atoms with Crippen molar-refractivity contribution in [1.29, 1.82) is 0 Å². The van der Waals surface area contributed by atoms with Gasteiger partial charge in [-0.05, 0) is 61.4 Å². The number of nitrogens with zero attached hydrogens (tertiary/aromatic N) is 1. The smallest absolute Gasteiger partial charge is 0.282 e. The monoisotopic (exact) mass is 499 g/mol. The van der Waals surface area contributed by atoms with E-state index in [0.717, 1.165) is 30.0 Å². The van der Waals surface area contributed by atoms with E-state index in [1.165, 1.54) is 4.57 Å². The highest BCUT2D eigenvalue weighted by molar-refractivity contribution is 7.89. The maximum absolute atomic E-state index is 14.6. The van der Waals surface area contributed by atoms with Crippen molar-refractivity contribution >= 4 is 26.8 Å². The van der Waals surface area contributed by atoms with Crippen molar-refractivity contribution in [2.24, 2.45) is 0 Å². The van der Waals surface area contributed by atoms with Gasteiger partial charge < -0.3 is 9.55 Å². The molecular weight excluding hydrogens is 476 g/mol. The summed E-state index contributed by atoms with van der Waals surface area (Å²) in [6.45, 7) is 3.37. The minimum atomic E-state index is -3.97. The number of rotatable bonds is 6. The fraction of sp³-hybridized carbons (Fsp3) is 0.200. The van der Waals surface area contributed by atoms with Crippen molar-refractivity contribution in [1.82, 2.24) is 14.3 Å². The molecule has 0 bridgehead atoms. The van der Waals surface area contributed by atoms with Crippen LogP contribution in [0.25, 0.3) is 22.0 Å². The molecule has 182 valence electrons. The molecule has 0 aliphatic carbocycles. The second-order valence-electron chi connectivity index (χ2n) is 8.34. The molecule has 10 heteroatoms. The number of carbonyl (C=O) groups is 1. The summed E-state index contributed by atoms with van der Waals surface area (Å²) >= 11 is 0. The average Bonchev–Trinajstić information content (AvgIpc) is 3.08. The zero-order valence-corrected chi connectivity index (χ0v) is 20.1. The molecule has 2 heterocycles. The minimum Gasteiger partial charge on any atom is -0.331 e. The van der Waals surface area contributed by atoms with Crippen LogP contribution in [0.2, 0.25) is 0 Å². The van der Waals surface area contributed by atoms with E-state index in [1.54, 1.807) is 31.2 Å². The van der Waals surface area contributed by atoms with Gasteiger partial charge in [-0.1, -0.05) is 13.0 Å². The van der Waals surface area contributed by atoms with Gasteiger partial charge in [0.2, 0.25) is 10.0 Å². The number of benzene rings is 2. The topological polar surface area (TPSA) is 101 Å². The summed E-state index contributed by atoms with van der Waals surface area (Å²) in [5, 5.41) is 0.508. The summed E-state index contributed by atoms with van der Waals surface area (Å²) in [7, 11) is -3.97. The molecule has 0 unspecified atom stereocenters. The molecule has 0 fully saturated rings. The van der Waals surface area contributed by atoms with Crippen LogP contribution in [-0.4, -0.2) is 30.1 Å². The van der Waals surface area contributed by atoms with Crippen molar-refractivity contribution in [3.05, 3.63) is 93.0 Å². The van der Waals surface area contributed by atoms with Gasteiger partial charge in [0.05, 0.1) is 12.8 Å². The lowest BCUT2D eigenvalue weighted by Gasteiger charge is -2.13. The first-order chi connectivity index (χ1) is 16.5. The molecule has 35 heavy (non-hydrogen) atoms. The lowest BCUT2D eigenvalue weighted by atomic mass is 10.0. The lowest BCUT2D eigenvalue weighted by Crippen LogP contribution is -2.32. The van der Waals surface area contributed by atoms with Crippen LogP contribution >= 0.6 is 0 Å². The van der Waals surface area contributed by atoms with E-state index < -0.39 is 33.1 Å². The molecule has 1 amide bonds. The Morgan fingerprint density at radius 2 is 1.83 bits per heavy atom. The molecule has 2 aromatic carbocycles. The maximum atomic E-state index is 14.6. The number of fused-ring (bicyclic) bond motifs is 1. The molecule has 0 radical (unpaired) electrons. The molecule has 4 rings (SSSR count). The van der Waals surface area contributed by atoms with Crippen molar-refractivity contribution in [2.45, 2.75) is 26.8 Å². The molecular formula is C25H23F2N3O4S. The summed E-state index contributed by atoms with van der Waals surface area (Å²) in [6, 6.07) is 11.5. The van der Waals surface area contributed by atoms with Gasteiger partial charge in [0.25, 0.3) is 11.5 Å². The molecule has 2 aromatic heterocycles. The average molecular weight is 500 g/mol. The SMILES string of the molecule is CCc1ccc2c(c1)c(-c1ccc(C)[nH]c1=O)c(C(=O)NS(C)(=O)=O)n2Cc1cc(F)ccc1F. The van der Waals surface area contributed by atoms with Crippen LogP contribution in [0.3, 0.4) is 0 Å². The van der Waals surface area contributed by atoms with E-state index >= 15 is 0 Å². The number of nitrogens with one attached hydrogen (secondary N) is 2. The summed E-state index contributed by atoms with van der Waals surface area (Å²) in [5.74, 6) is -2.35. The fourth-order valence-electron chi connectivity index (χ4n) is 4.12. The normalized spacial score (nSPS) is 11.7. The van der Waals surface area contributed by atoms with Crippen LogP contribution in [-0.2, 0) is 23.0 Å². The Bertz CT molecular complexity index is 1640. The minimum absolute atomic E-state index is 0.0424. The zero-order chi connectivity index (χ0) is 25.5. The van der Waals surface area contributed by atoms with Gasteiger partial charge in [0.1, 0.15) is 17.3 Å². The van der Waals surface area contributed by atoms with Crippen LogP contribution in [0.15, 0.2) is 53.3 Å². The number of hydrogen-bond donors (Lipinski definition) is 2. The number of amides is 1. The van der Waals surface area contributed by atoms with Gasteiger partial charge in [-0.15, -0.1) is 0 Å². The Morgan fingerprint density at radius 3 is 2.49 bits per heavy atom. The number of sulfonamides is 1. The first-order valence-corrected chi connectivity index (χ1v) is 12.7. The molecule has 0 atom stereocenters. The molecule has 0 aliphatic heterocycles. The Hall–Kier alpha value is -3.79. The van der Waals surface area contributed by atoms with Crippen LogP contribution < -0.4 is 10.3 Å². The Kier molecular flexibility index (Phi) is 6.33. The number of carbonyl (C=O) groups excluding carboxylic acids is 1. The fourth-order valence-corrected chi connectivity index (χ4v) is 4.55. The van der Waals surface area contributed by atoms with Crippen molar-refractivity contribution in [2.75, 3.05) is 6.26 Å².